The van der Waals surface area contributed by atoms with E-state index in [2.05, 4.69) is 19.2 Å². The summed E-state index contributed by atoms with van der Waals surface area (Å²) in [5.74, 6) is 0.314. The largest absolute Gasteiger partial charge is 0.481 e. The molecule has 22 heavy (non-hydrogen) atoms. The van der Waals surface area contributed by atoms with Gasteiger partial charge < -0.3 is 15.3 Å². The number of carbonyl (C=O) groups is 2. The van der Waals surface area contributed by atoms with Gasteiger partial charge in [-0.1, -0.05) is 26.7 Å². The zero-order chi connectivity index (χ0) is 16.1. The van der Waals surface area contributed by atoms with E-state index in [0.29, 0.717) is 43.8 Å². The third-order valence-electron chi connectivity index (χ3n) is 5.21. The maximum Gasteiger partial charge on any atom is 0.317 e. The molecule has 0 aromatic rings. The van der Waals surface area contributed by atoms with Crippen molar-refractivity contribution in [1.82, 2.24) is 10.2 Å². The first-order chi connectivity index (χ1) is 10.5. The standard InChI is InChI=1S/C17H30N2O3/c1-12(2)6-7-13-4-3-5-15(13)18-17(22)19-10-8-14(9-11-19)16(20)21/h12-15H,3-11H2,1-2H3,(H,18,22)(H,20,21). The number of hydrogen-bond acceptors (Lipinski definition) is 2. The maximum atomic E-state index is 12.4. The quantitative estimate of drug-likeness (QED) is 0.820. The molecule has 1 saturated heterocycles. The molecule has 0 aromatic carbocycles. The van der Waals surface area contributed by atoms with Crippen LogP contribution >= 0.6 is 0 Å². The predicted octanol–water partition coefficient (Wildman–Crippen LogP) is 3.10. The van der Waals surface area contributed by atoms with Crippen LogP contribution in [0.15, 0.2) is 0 Å². The van der Waals surface area contributed by atoms with E-state index in [1.807, 2.05) is 0 Å². The van der Waals surface area contributed by atoms with E-state index in [1.165, 1.54) is 25.7 Å². The second-order valence-electron chi connectivity index (χ2n) is 7.32. The highest BCUT2D eigenvalue weighted by Crippen LogP contribution is 2.31. The molecule has 2 atom stereocenters. The summed E-state index contributed by atoms with van der Waals surface area (Å²) in [6.45, 7) is 5.61. The minimum atomic E-state index is -0.732. The van der Waals surface area contributed by atoms with Crippen molar-refractivity contribution in [3.05, 3.63) is 0 Å². The summed E-state index contributed by atoms with van der Waals surface area (Å²) >= 11 is 0. The van der Waals surface area contributed by atoms with Crippen LogP contribution in [0.5, 0.6) is 0 Å². The molecule has 2 unspecified atom stereocenters. The van der Waals surface area contributed by atoms with Crippen molar-refractivity contribution in [2.75, 3.05) is 13.1 Å². The molecule has 5 heteroatoms. The lowest BCUT2D eigenvalue weighted by Gasteiger charge is -2.32. The average Bonchev–Trinajstić information content (AvgIpc) is 2.92. The lowest BCUT2D eigenvalue weighted by Crippen LogP contribution is -2.49. The van der Waals surface area contributed by atoms with Gasteiger partial charge in [-0.05, 0) is 43.9 Å². The van der Waals surface area contributed by atoms with Crippen LogP contribution < -0.4 is 5.32 Å². The first-order valence-electron chi connectivity index (χ1n) is 8.75. The number of carboxylic acids is 1. The Kier molecular flexibility index (Phi) is 6.09. The average molecular weight is 310 g/mol. The van der Waals surface area contributed by atoms with E-state index in [0.717, 1.165) is 6.42 Å². The Morgan fingerprint density at radius 3 is 2.45 bits per heavy atom. The molecule has 2 N–H and O–H groups in total. The Hall–Kier alpha value is -1.26. The van der Waals surface area contributed by atoms with Gasteiger partial charge in [0.15, 0.2) is 0 Å². The number of hydrogen-bond donors (Lipinski definition) is 2. The molecule has 1 saturated carbocycles. The van der Waals surface area contributed by atoms with Crippen molar-refractivity contribution in [2.45, 2.75) is 64.8 Å². The van der Waals surface area contributed by atoms with Gasteiger partial charge in [0.2, 0.25) is 0 Å². The lowest BCUT2D eigenvalue weighted by molar-refractivity contribution is -0.143. The molecular formula is C17H30N2O3. The number of urea groups is 1. The minimum absolute atomic E-state index is 0.00489. The fraction of sp³-hybridized carbons (Fsp3) is 0.882. The van der Waals surface area contributed by atoms with Crippen molar-refractivity contribution >= 4 is 12.0 Å². The van der Waals surface area contributed by atoms with E-state index < -0.39 is 5.97 Å². The van der Waals surface area contributed by atoms with Crippen LogP contribution in [0.1, 0.15) is 58.8 Å². The molecule has 5 nitrogen and oxygen atoms in total. The molecule has 2 aliphatic rings. The van der Waals surface area contributed by atoms with Gasteiger partial charge >= 0.3 is 12.0 Å². The van der Waals surface area contributed by atoms with Crippen molar-refractivity contribution in [2.24, 2.45) is 17.8 Å². The number of aliphatic carboxylic acids is 1. The van der Waals surface area contributed by atoms with E-state index in [9.17, 15) is 9.59 Å². The summed E-state index contributed by atoms with van der Waals surface area (Å²) in [5, 5.41) is 12.2. The molecule has 1 aliphatic heterocycles. The summed E-state index contributed by atoms with van der Waals surface area (Å²) < 4.78 is 0. The van der Waals surface area contributed by atoms with Gasteiger partial charge in [-0.25, -0.2) is 4.79 Å². The number of likely N-dealkylation sites (tertiary alicyclic amines) is 1. The van der Waals surface area contributed by atoms with Gasteiger partial charge in [0.05, 0.1) is 5.92 Å². The molecule has 1 aliphatic carbocycles. The summed E-state index contributed by atoms with van der Waals surface area (Å²) in [7, 11) is 0. The Morgan fingerprint density at radius 1 is 1.18 bits per heavy atom. The number of carboxylic acid groups (broad SMARTS) is 1. The normalized spacial score (nSPS) is 26.4. The molecule has 0 bridgehead atoms. The number of nitrogens with zero attached hydrogens (tertiary/aromatic N) is 1. The SMILES string of the molecule is CC(C)CCC1CCCC1NC(=O)N1CCC(C(=O)O)CC1. The summed E-state index contributed by atoms with van der Waals surface area (Å²) in [6.07, 6.45) is 7.08. The number of carbonyl (C=O) groups excluding carboxylic acids is 1. The van der Waals surface area contributed by atoms with Gasteiger partial charge in [-0.2, -0.15) is 0 Å². The van der Waals surface area contributed by atoms with Gasteiger partial charge in [0.25, 0.3) is 0 Å². The van der Waals surface area contributed by atoms with E-state index in [1.54, 1.807) is 4.90 Å². The van der Waals surface area contributed by atoms with Gasteiger partial charge in [-0.3, -0.25) is 4.79 Å². The van der Waals surface area contributed by atoms with E-state index in [4.69, 9.17) is 5.11 Å². The van der Waals surface area contributed by atoms with E-state index >= 15 is 0 Å². The van der Waals surface area contributed by atoms with E-state index in [-0.39, 0.29) is 11.9 Å². The third-order valence-corrected chi connectivity index (χ3v) is 5.21. The first kappa shape index (κ1) is 17.1. The molecule has 0 spiro atoms. The Morgan fingerprint density at radius 2 is 1.86 bits per heavy atom. The molecule has 2 amide bonds. The summed E-state index contributed by atoms with van der Waals surface area (Å²) in [4.78, 5) is 25.1. The minimum Gasteiger partial charge on any atom is -0.481 e. The molecule has 0 radical (unpaired) electrons. The van der Waals surface area contributed by atoms with Crippen LogP contribution in [0.25, 0.3) is 0 Å². The number of nitrogens with one attached hydrogen (secondary N) is 1. The summed E-state index contributed by atoms with van der Waals surface area (Å²) in [5.41, 5.74) is 0. The van der Waals surface area contributed by atoms with Gasteiger partial charge in [-0.15, -0.1) is 0 Å². The Labute approximate surface area is 133 Å². The van der Waals surface area contributed by atoms with Crippen molar-refractivity contribution in [3.8, 4) is 0 Å². The Bertz CT molecular complexity index is 389. The molecule has 2 rings (SSSR count). The second kappa shape index (κ2) is 7.84. The first-order valence-corrected chi connectivity index (χ1v) is 8.75. The predicted molar refractivity (Wildman–Crippen MR) is 85.7 cm³/mol. The number of rotatable bonds is 5. The van der Waals surface area contributed by atoms with Crippen LogP contribution in [0.4, 0.5) is 4.79 Å². The highest BCUT2D eigenvalue weighted by Gasteiger charge is 2.31. The van der Waals surface area contributed by atoms with Crippen LogP contribution in [0.3, 0.4) is 0 Å². The van der Waals surface area contributed by atoms with Gasteiger partial charge in [0.1, 0.15) is 0 Å². The topological polar surface area (TPSA) is 69.6 Å². The van der Waals surface area contributed by atoms with Crippen molar-refractivity contribution < 1.29 is 14.7 Å². The van der Waals surface area contributed by atoms with Crippen LogP contribution in [-0.4, -0.2) is 41.1 Å². The fourth-order valence-corrected chi connectivity index (χ4v) is 3.70. The van der Waals surface area contributed by atoms with Crippen LogP contribution in [0, 0.1) is 17.8 Å². The smallest absolute Gasteiger partial charge is 0.317 e. The molecule has 1 heterocycles. The van der Waals surface area contributed by atoms with Crippen LogP contribution in [-0.2, 0) is 4.79 Å². The lowest BCUT2D eigenvalue weighted by atomic mass is 9.93. The number of amides is 2. The zero-order valence-corrected chi connectivity index (χ0v) is 13.9. The zero-order valence-electron chi connectivity index (χ0n) is 13.9. The molecular weight excluding hydrogens is 280 g/mol. The summed E-state index contributed by atoms with van der Waals surface area (Å²) in [6, 6.07) is 0.314. The molecule has 0 aromatic heterocycles. The highest BCUT2D eigenvalue weighted by molar-refractivity contribution is 5.75. The van der Waals surface area contributed by atoms with Crippen molar-refractivity contribution in [1.29, 1.82) is 0 Å². The number of piperidine rings is 1. The fourth-order valence-electron chi connectivity index (χ4n) is 3.70. The second-order valence-corrected chi connectivity index (χ2v) is 7.32. The van der Waals surface area contributed by atoms with Crippen molar-refractivity contribution in [3.63, 3.8) is 0 Å². The third kappa shape index (κ3) is 4.62. The Balaban J connectivity index is 1.77. The highest BCUT2D eigenvalue weighted by atomic mass is 16.4. The molecule has 2 fully saturated rings. The maximum absolute atomic E-state index is 12.4. The van der Waals surface area contributed by atoms with Gasteiger partial charge in [0, 0.05) is 19.1 Å². The van der Waals surface area contributed by atoms with Crippen LogP contribution in [0.2, 0.25) is 0 Å². The monoisotopic (exact) mass is 310 g/mol. The molecule has 126 valence electrons.